The number of hydrogen-bond acceptors (Lipinski definition) is 5. The fraction of sp³-hybridized carbons (Fsp3) is 0.308. The Morgan fingerprint density at radius 2 is 1.67 bits per heavy atom. The lowest BCUT2D eigenvalue weighted by Gasteiger charge is -2.13. The van der Waals surface area contributed by atoms with Crippen molar-refractivity contribution < 1.29 is 18.6 Å². The number of aryl methyl sites for hydroxylation is 1. The largest absolute Gasteiger partial charge is 0.496 e. The molecule has 0 fully saturated rings. The van der Waals surface area contributed by atoms with Crippen LogP contribution in [0.4, 0.5) is 0 Å². The molecule has 0 unspecified atom stereocenters. The average molecular weight is 250 g/mol. The van der Waals surface area contributed by atoms with Gasteiger partial charge in [0.05, 0.1) is 26.7 Å². The van der Waals surface area contributed by atoms with E-state index in [1.165, 1.54) is 20.3 Å². The lowest BCUT2D eigenvalue weighted by atomic mass is 10.1. The Bertz CT molecular complexity index is 642. The molecule has 0 radical (unpaired) electrons. The lowest BCUT2D eigenvalue weighted by molar-refractivity contribution is 0.347. The van der Waals surface area contributed by atoms with Crippen molar-refractivity contribution in [3.8, 4) is 17.2 Å². The van der Waals surface area contributed by atoms with Crippen molar-refractivity contribution in [1.29, 1.82) is 0 Å². The van der Waals surface area contributed by atoms with Gasteiger partial charge in [-0.1, -0.05) is 0 Å². The topological polar surface area (TPSA) is 57.9 Å². The summed E-state index contributed by atoms with van der Waals surface area (Å²) in [6.45, 7) is 1.81. The Morgan fingerprint density at radius 3 is 2.22 bits per heavy atom. The Morgan fingerprint density at radius 1 is 1.00 bits per heavy atom. The van der Waals surface area contributed by atoms with E-state index in [9.17, 15) is 4.79 Å². The first-order valence-corrected chi connectivity index (χ1v) is 5.35. The zero-order chi connectivity index (χ0) is 13.3. The fourth-order valence-electron chi connectivity index (χ4n) is 1.95. The monoisotopic (exact) mass is 250 g/mol. The summed E-state index contributed by atoms with van der Waals surface area (Å²) in [5.74, 6) is 1.41. The standard InChI is InChI=1S/C13H14O5/c1-7-5-10(14)18-13-11(7)8(15-2)6-9(16-3)12(13)17-4/h5-6H,1-4H3. The van der Waals surface area contributed by atoms with Crippen molar-refractivity contribution in [2.75, 3.05) is 21.3 Å². The van der Waals surface area contributed by atoms with Gasteiger partial charge >= 0.3 is 5.63 Å². The second kappa shape index (κ2) is 4.60. The molecule has 0 aliphatic carbocycles. The molecular formula is C13H14O5. The molecule has 96 valence electrons. The Balaban J connectivity index is 2.99. The number of hydrogen-bond donors (Lipinski definition) is 0. The predicted octanol–water partition coefficient (Wildman–Crippen LogP) is 2.13. The van der Waals surface area contributed by atoms with Gasteiger partial charge in [-0.15, -0.1) is 0 Å². The van der Waals surface area contributed by atoms with E-state index in [2.05, 4.69) is 0 Å². The molecule has 0 saturated carbocycles. The van der Waals surface area contributed by atoms with Gasteiger partial charge in [-0.2, -0.15) is 0 Å². The van der Waals surface area contributed by atoms with E-state index in [0.29, 0.717) is 28.2 Å². The number of fused-ring (bicyclic) bond motifs is 1. The molecule has 18 heavy (non-hydrogen) atoms. The Hall–Kier alpha value is -2.17. The maximum Gasteiger partial charge on any atom is 0.336 e. The van der Waals surface area contributed by atoms with E-state index < -0.39 is 5.63 Å². The quantitative estimate of drug-likeness (QED) is 0.781. The number of ether oxygens (including phenoxy) is 3. The molecule has 0 atom stereocenters. The van der Waals surface area contributed by atoms with Gasteiger partial charge in [0, 0.05) is 12.1 Å². The molecule has 5 heteroatoms. The van der Waals surface area contributed by atoms with E-state index in [0.717, 1.165) is 5.56 Å². The van der Waals surface area contributed by atoms with Crippen LogP contribution in [0, 0.1) is 6.92 Å². The van der Waals surface area contributed by atoms with Crippen LogP contribution in [0.1, 0.15) is 5.56 Å². The molecule has 2 rings (SSSR count). The summed E-state index contributed by atoms with van der Waals surface area (Å²) in [5, 5.41) is 0.703. The summed E-state index contributed by atoms with van der Waals surface area (Å²) < 4.78 is 20.9. The lowest BCUT2D eigenvalue weighted by Crippen LogP contribution is -2.02. The highest BCUT2D eigenvalue weighted by Crippen LogP contribution is 2.41. The normalized spacial score (nSPS) is 10.4. The molecule has 0 aliphatic heterocycles. The van der Waals surface area contributed by atoms with Gasteiger partial charge < -0.3 is 18.6 Å². The van der Waals surface area contributed by atoms with Gasteiger partial charge in [0.15, 0.2) is 11.3 Å². The van der Waals surface area contributed by atoms with Crippen LogP contribution in [-0.2, 0) is 0 Å². The van der Waals surface area contributed by atoms with Crippen molar-refractivity contribution >= 4 is 11.0 Å². The van der Waals surface area contributed by atoms with Crippen LogP contribution in [0.15, 0.2) is 21.3 Å². The molecule has 2 aromatic rings. The smallest absolute Gasteiger partial charge is 0.336 e. The summed E-state index contributed by atoms with van der Waals surface area (Å²) in [4.78, 5) is 11.5. The van der Waals surface area contributed by atoms with Crippen LogP contribution in [0.5, 0.6) is 17.2 Å². The Kier molecular flexibility index (Phi) is 3.14. The third-order valence-corrected chi connectivity index (χ3v) is 2.74. The van der Waals surface area contributed by atoms with Crippen LogP contribution in [0.25, 0.3) is 11.0 Å². The van der Waals surface area contributed by atoms with Crippen molar-refractivity contribution in [1.82, 2.24) is 0 Å². The first-order valence-electron chi connectivity index (χ1n) is 5.35. The summed E-state index contributed by atoms with van der Waals surface area (Å²) >= 11 is 0. The molecule has 5 nitrogen and oxygen atoms in total. The highest BCUT2D eigenvalue weighted by molar-refractivity contribution is 5.93. The van der Waals surface area contributed by atoms with Crippen LogP contribution >= 0.6 is 0 Å². The maximum atomic E-state index is 11.5. The van der Waals surface area contributed by atoms with Crippen molar-refractivity contribution in [3.05, 3.63) is 28.1 Å². The van der Waals surface area contributed by atoms with Gasteiger partial charge in [-0.05, 0) is 12.5 Å². The highest BCUT2D eigenvalue weighted by atomic mass is 16.5. The SMILES string of the molecule is COc1cc(OC)c2c(C)cc(=O)oc2c1OC. The number of rotatable bonds is 3. The average Bonchev–Trinajstić information content (AvgIpc) is 2.36. The van der Waals surface area contributed by atoms with Crippen molar-refractivity contribution in [2.24, 2.45) is 0 Å². The minimum atomic E-state index is -0.436. The number of methoxy groups -OCH3 is 3. The van der Waals surface area contributed by atoms with Crippen LogP contribution in [-0.4, -0.2) is 21.3 Å². The molecular weight excluding hydrogens is 236 g/mol. The Labute approximate surface area is 104 Å². The molecule has 0 bridgehead atoms. The van der Waals surface area contributed by atoms with E-state index in [1.807, 2.05) is 6.92 Å². The first-order chi connectivity index (χ1) is 8.62. The minimum Gasteiger partial charge on any atom is -0.496 e. The van der Waals surface area contributed by atoms with Gasteiger partial charge in [-0.3, -0.25) is 0 Å². The van der Waals surface area contributed by atoms with Crippen LogP contribution < -0.4 is 19.8 Å². The van der Waals surface area contributed by atoms with Gasteiger partial charge in [0.25, 0.3) is 0 Å². The van der Waals surface area contributed by atoms with Crippen LogP contribution in [0.2, 0.25) is 0 Å². The third kappa shape index (κ3) is 1.77. The molecule has 0 amide bonds. The molecule has 0 saturated heterocycles. The zero-order valence-corrected chi connectivity index (χ0v) is 10.7. The molecule has 0 N–H and O–H groups in total. The van der Waals surface area contributed by atoms with E-state index in [1.54, 1.807) is 13.2 Å². The van der Waals surface area contributed by atoms with Gasteiger partial charge in [0.1, 0.15) is 5.75 Å². The van der Waals surface area contributed by atoms with E-state index >= 15 is 0 Å². The number of benzene rings is 1. The second-order valence-electron chi connectivity index (χ2n) is 3.77. The summed E-state index contributed by atoms with van der Waals surface area (Å²) in [5.41, 5.74) is 0.659. The summed E-state index contributed by atoms with van der Waals surface area (Å²) in [7, 11) is 4.55. The first kappa shape index (κ1) is 12.3. The second-order valence-corrected chi connectivity index (χ2v) is 3.77. The molecule has 1 heterocycles. The van der Waals surface area contributed by atoms with Gasteiger partial charge in [-0.25, -0.2) is 4.79 Å². The highest BCUT2D eigenvalue weighted by Gasteiger charge is 2.18. The predicted molar refractivity (Wildman–Crippen MR) is 66.9 cm³/mol. The fourth-order valence-corrected chi connectivity index (χ4v) is 1.95. The molecule has 0 spiro atoms. The minimum absolute atomic E-state index is 0.332. The molecule has 0 aliphatic rings. The molecule has 1 aromatic heterocycles. The van der Waals surface area contributed by atoms with Crippen LogP contribution in [0.3, 0.4) is 0 Å². The van der Waals surface area contributed by atoms with Crippen molar-refractivity contribution in [3.63, 3.8) is 0 Å². The molecule has 1 aromatic carbocycles. The maximum absolute atomic E-state index is 11.5. The summed E-state index contributed by atoms with van der Waals surface area (Å²) in [6, 6.07) is 3.12. The van der Waals surface area contributed by atoms with Crippen molar-refractivity contribution in [2.45, 2.75) is 6.92 Å². The van der Waals surface area contributed by atoms with Gasteiger partial charge in [0.2, 0.25) is 5.75 Å². The van der Waals surface area contributed by atoms with E-state index in [-0.39, 0.29) is 0 Å². The zero-order valence-electron chi connectivity index (χ0n) is 10.7. The summed E-state index contributed by atoms with van der Waals surface area (Å²) in [6.07, 6.45) is 0. The third-order valence-electron chi connectivity index (χ3n) is 2.74. The van der Waals surface area contributed by atoms with E-state index in [4.69, 9.17) is 18.6 Å².